The van der Waals surface area contributed by atoms with E-state index in [4.69, 9.17) is 9.47 Å². The van der Waals surface area contributed by atoms with Gasteiger partial charge in [-0.15, -0.1) is 10.2 Å². The summed E-state index contributed by atoms with van der Waals surface area (Å²) in [6, 6.07) is 14.6. The molecule has 1 amide bonds. The number of hydrogen-bond donors (Lipinski definition) is 1. The summed E-state index contributed by atoms with van der Waals surface area (Å²) in [5, 5.41) is 19.1. The quantitative estimate of drug-likeness (QED) is 0.702. The summed E-state index contributed by atoms with van der Waals surface area (Å²) in [5.74, 6) is 0.537. The first-order valence-corrected chi connectivity index (χ1v) is 8.83. The van der Waals surface area contributed by atoms with Crippen LogP contribution in [0.15, 0.2) is 58.8 Å². The van der Waals surface area contributed by atoms with Crippen LogP contribution >= 0.6 is 0 Å². The van der Waals surface area contributed by atoms with E-state index in [2.05, 4.69) is 10.2 Å². The number of benzene rings is 2. The molecule has 0 saturated heterocycles. The van der Waals surface area contributed by atoms with Gasteiger partial charge in [0.1, 0.15) is 6.61 Å². The predicted octanol–water partition coefficient (Wildman–Crippen LogP) is 4.21. The van der Waals surface area contributed by atoms with Crippen LogP contribution in [-0.2, 0) is 11.3 Å². The van der Waals surface area contributed by atoms with Crippen molar-refractivity contribution in [2.45, 2.75) is 26.0 Å². The number of amides is 1. The summed E-state index contributed by atoms with van der Waals surface area (Å²) in [5.41, 5.74) is 1.13. The predicted molar refractivity (Wildman–Crippen MR) is 99.8 cm³/mol. The Morgan fingerprint density at radius 3 is 2.74 bits per heavy atom. The standard InChI is InChI=1S/C20H19N3O4/c1-2-11-23-14-8-4-3-7-13(14)18(20(23)25)21-22-19(24)17-12-26-15-9-5-6-10-16(15)27-17/h3-10,17,25H,2,11-12H2,1H3/t17-/m0/s1. The van der Waals surface area contributed by atoms with Crippen LogP contribution in [0, 0.1) is 0 Å². The van der Waals surface area contributed by atoms with Gasteiger partial charge in [-0.2, -0.15) is 0 Å². The van der Waals surface area contributed by atoms with Gasteiger partial charge in [0.15, 0.2) is 17.2 Å². The maximum Gasteiger partial charge on any atom is 0.308 e. The van der Waals surface area contributed by atoms with Crippen LogP contribution in [0.3, 0.4) is 0 Å². The van der Waals surface area contributed by atoms with Crippen molar-refractivity contribution in [1.82, 2.24) is 4.57 Å². The number of ether oxygens (including phenoxy) is 2. The Morgan fingerprint density at radius 1 is 1.19 bits per heavy atom. The third-order valence-corrected chi connectivity index (χ3v) is 4.40. The highest BCUT2D eigenvalue weighted by Gasteiger charge is 2.27. The van der Waals surface area contributed by atoms with Crippen molar-refractivity contribution in [1.29, 1.82) is 0 Å². The van der Waals surface area contributed by atoms with Gasteiger partial charge in [-0.1, -0.05) is 37.3 Å². The maximum atomic E-state index is 12.4. The fourth-order valence-corrected chi connectivity index (χ4v) is 3.13. The zero-order chi connectivity index (χ0) is 18.8. The highest BCUT2D eigenvalue weighted by molar-refractivity contribution is 5.95. The second-order valence-corrected chi connectivity index (χ2v) is 6.24. The van der Waals surface area contributed by atoms with Crippen molar-refractivity contribution in [2.24, 2.45) is 10.2 Å². The Labute approximate surface area is 155 Å². The lowest BCUT2D eigenvalue weighted by Crippen LogP contribution is -2.35. The van der Waals surface area contributed by atoms with Gasteiger partial charge in [0.2, 0.25) is 12.0 Å². The first-order chi connectivity index (χ1) is 13.2. The summed E-state index contributed by atoms with van der Waals surface area (Å²) < 4.78 is 13.0. The van der Waals surface area contributed by atoms with Gasteiger partial charge in [-0.3, -0.25) is 4.79 Å². The van der Waals surface area contributed by atoms with Crippen LogP contribution in [0.1, 0.15) is 13.3 Å². The van der Waals surface area contributed by atoms with Crippen LogP contribution in [0.25, 0.3) is 10.9 Å². The molecule has 3 aromatic rings. The minimum absolute atomic E-state index is 0.000702. The number of rotatable bonds is 4. The molecule has 1 atom stereocenters. The van der Waals surface area contributed by atoms with E-state index in [1.165, 1.54) is 0 Å². The summed E-state index contributed by atoms with van der Waals surface area (Å²) in [7, 11) is 0. The number of hydrogen-bond acceptors (Lipinski definition) is 5. The first kappa shape index (κ1) is 17.1. The molecule has 0 spiro atoms. The number of nitrogens with zero attached hydrogens (tertiary/aromatic N) is 3. The van der Waals surface area contributed by atoms with E-state index in [9.17, 15) is 9.90 Å². The number of aryl methyl sites for hydroxylation is 1. The van der Waals surface area contributed by atoms with E-state index >= 15 is 0 Å². The largest absolute Gasteiger partial charge is 0.493 e. The topological polar surface area (TPSA) is 85.4 Å². The zero-order valence-electron chi connectivity index (χ0n) is 14.8. The lowest BCUT2D eigenvalue weighted by Gasteiger charge is -2.23. The first-order valence-electron chi connectivity index (χ1n) is 8.83. The maximum absolute atomic E-state index is 12.4. The van der Waals surface area contributed by atoms with Crippen LogP contribution in [-0.4, -0.2) is 28.3 Å². The molecule has 0 radical (unpaired) electrons. The lowest BCUT2D eigenvalue weighted by molar-refractivity contribution is -0.127. The molecule has 7 heteroatoms. The van der Waals surface area contributed by atoms with Gasteiger partial charge in [-0.25, -0.2) is 0 Å². The van der Waals surface area contributed by atoms with Crippen molar-refractivity contribution in [2.75, 3.05) is 6.61 Å². The van der Waals surface area contributed by atoms with E-state index in [1.807, 2.05) is 37.3 Å². The molecule has 0 fully saturated rings. The van der Waals surface area contributed by atoms with E-state index in [0.717, 1.165) is 17.3 Å². The monoisotopic (exact) mass is 365 g/mol. The highest BCUT2D eigenvalue weighted by Crippen LogP contribution is 2.39. The zero-order valence-corrected chi connectivity index (χ0v) is 14.8. The Bertz CT molecular complexity index is 1030. The molecule has 0 unspecified atom stereocenters. The Morgan fingerprint density at radius 2 is 1.93 bits per heavy atom. The van der Waals surface area contributed by atoms with Gasteiger partial charge in [0.25, 0.3) is 0 Å². The normalized spacial score (nSPS) is 16.1. The molecule has 1 N–H and O–H groups in total. The number of fused-ring (bicyclic) bond motifs is 2. The molecule has 2 heterocycles. The molecule has 1 aromatic heterocycles. The Kier molecular flexibility index (Phi) is 4.50. The highest BCUT2D eigenvalue weighted by atomic mass is 16.6. The SMILES string of the molecule is CCCn1c(O)c(N=NC(=O)[C@@H]2COc3ccccc3O2)c2ccccc21. The molecule has 4 rings (SSSR count). The Hall–Kier alpha value is -3.35. The number of carbonyl (C=O) groups excluding carboxylic acids is 1. The number of para-hydroxylation sites is 3. The molecular weight excluding hydrogens is 346 g/mol. The van der Waals surface area contributed by atoms with E-state index in [1.54, 1.807) is 22.8 Å². The average Bonchev–Trinajstić information content (AvgIpc) is 2.97. The van der Waals surface area contributed by atoms with Gasteiger partial charge in [0, 0.05) is 11.9 Å². The van der Waals surface area contributed by atoms with Crippen LogP contribution in [0.2, 0.25) is 0 Å². The smallest absolute Gasteiger partial charge is 0.308 e. The van der Waals surface area contributed by atoms with Crippen LogP contribution < -0.4 is 9.47 Å². The van der Waals surface area contributed by atoms with Gasteiger partial charge in [0.05, 0.1) is 5.52 Å². The summed E-state index contributed by atoms with van der Waals surface area (Å²) in [4.78, 5) is 12.4. The van der Waals surface area contributed by atoms with E-state index in [0.29, 0.717) is 18.0 Å². The number of aromatic nitrogens is 1. The minimum atomic E-state index is -0.866. The summed E-state index contributed by atoms with van der Waals surface area (Å²) >= 11 is 0. The van der Waals surface area contributed by atoms with E-state index in [-0.39, 0.29) is 18.2 Å². The van der Waals surface area contributed by atoms with Crippen LogP contribution in [0.4, 0.5) is 5.69 Å². The van der Waals surface area contributed by atoms with E-state index < -0.39 is 12.0 Å². The second-order valence-electron chi connectivity index (χ2n) is 6.24. The second kappa shape index (κ2) is 7.11. The summed E-state index contributed by atoms with van der Waals surface area (Å²) in [6.07, 6.45) is -0.0104. The third-order valence-electron chi connectivity index (χ3n) is 4.40. The van der Waals surface area contributed by atoms with Crippen LogP contribution in [0.5, 0.6) is 17.4 Å². The average molecular weight is 365 g/mol. The molecule has 2 aromatic carbocycles. The fraction of sp³-hybridized carbons (Fsp3) is 0.250. The van der Waals surface area contributed by atoms with Crippen molar-refractivity contribution in [3.05, 3.63) is 48.5 Å². The number of carbonyl (C=O) groups is 1. The molecular formula is C20H19N3O4. The molecule has 0 bridgehead atoms. The molecule has 7 nitrogen and oxygen atoms in total. The van der Waals surface area contributed by atoms with Gasteiger partial charge in [-0.05, 0) is 24.6 Å². The van der Waals surface area contributed by atoms with Crippen molar-refractivity contribution in [3.8, 4) is 17.4 Å². The number of aromatic hydroxyl groups is 1. The third kappa shape index (κ3) is 3.12. The van der Waals surface area contributed by atoms with Gasteiger partial charge < -0.3 is 19.1 Å². The molecule has 0 aliphatic carbocycles. The molecule has 138 valence electrons. The molecule has 0 saturated carbocycles. The molecule has 1 aliphatic rings. The fourth-order valence-electron chi connectivity index (χ4n) is 3.13. The Balaban J connectivity index is 1.60. The number of azo groups is 1. The molecule has 1 aliphatic heterocycles. The van der Waals surface area contributed by atoms with Crippen molar-refractivity contribution < 1.29 is 19.4 Å². The van der Waals surface area contributed by atoms with Gasteiger partial charge >= 0.3 is 5.91 Å². The summed E-state index contributed by atoms with van der Waals surface area (Å²) in [6.45, 7) is 2.74. The molecule has 27 heavy (non-hydrogen) atoms. The van der Waals surface area contributed by atoms with Crippen molar-refractivity contribution >= 4 is 22.5 Å². The minimum Gasteiger partial charge on any atom is -0.493 e. The van der Waals surface area contributed by atoms with Crippen molar-refractivity contribution in [3.63, 3.8) is 0 Å². The lowest BCUT2D eigenvalue weighted by atomic mass is 10.2.